The molecule has 0 aliphatic carbocycles. The van der Waals surface area contributed by atoms with E-state index >= 15 is 0 Å². The smallest absolute Gasteiger partial charge is 0.220 e. The number of carbonyl (C=O) groups is 1. The lowest BCUT2D eigenvalue weighted by atomic mass is 10.1. The second-order valence-corrected chi connectivity index (χ2v) is 7.48. The number of unbranched alkanes of at least 4 members (excludes halogenated alkanes) is 10. The van der Waals surface area contributed by atoms with Gasteiger partial charge in [0.05, 0.1) is 0 Å². The van der Waals surface area contributed by atoms with Crippen molar-refractivity contribution >= 4 is 5.91 Å². The lowest BCUT2D eigenvalue weighted by Crippen LogP contribution is -2.35. The number of hydrogen-bond acceptors (Lipinski definition) is 2. The summed E-state index contributed by atoms with van der Waals surface area (Å²) in [5, 5.41) is 3.08. The molecule has 0 aromatic rings. The van der Waals surface area contributed by atoms with Gasteiger partial charge < -0.3 is 10.2 Å². The molecule has 0 saturated carbocycles. The fraction of sp³-hybridized carbons (Fsp3) is 0.955. The van der Waals surface area contributed by atoms with Crippen LogP contribution in [0, 0.1) is 0 Å². The first-order chi connectivity index (χ1) is 12.2. The lowest BCUT2D eigenvalue weighted by Gasteiger charge is -2.20. The zero-order valence-electron chi connectivity index (χ0n) is 17.6. The van der Waals surface area contributed by atoms with Crippen molar-refractivity contribution in [3.8, 4) is 0 Å². The molecule has 0 bridgehead atoms. The van der Waals surface area contributed by atoms with Gasteiger partial charge in [0, 0.05) is 19.5 Å². The number of nitrogens with zero attached hydrogens (tertiary/aromatic N) is 1. The monoisotopic (exact) mass is 354 g/mol. The third-order valence-electron chi connectivity index (χ3n) is 4.84. The van der Waals surface area contributed by atoms with Gasteiger partial charge in [-0.25, -0.2) is 0 Å². The summed E-state index contributed by atoms with van der Waals surface area (Å²) in [6, 6.07) is 0. The fourth-order valence-electron chi connectivity index (χ4n) is 3.36. The molecule has 1 N–H and O–H groups in total. The van der Waals surface area contributed by atoms with E-state index in [4.69, 9.17) is 0 Å². The Bertz CT molecular complexity index is 275. The minimum absolute atomic E-state index is 0.240. The lowest BCUT2D eigenvalue weighted by molar-refractivity contribution is -0.121. The number of amides is 1. The van der Waals surface area contributed by atoms with Crippen molar-refractivity contribution in [3.05, 3.63) is 0 Å². The van der Waals surface area contributed by atoms with Crippen molar-refractivity contribution in [2.45, 2.75) is 111 Å². The normalized spacial score (nSPS) is 11.2. The van der Waals surface area contributed by atoms with Crippen LogP contribution in [0.25, 0.3) is 0 Å². The Balaban J connectivity index is 3.35. The first-order valence-electron chi connectivity index (χ1n) is 11.2. The van der Waals surface area contributed by atoms with E-state index in [1.165, 1.54) is 77.0 Å². The van der Waals surface area contributed by atoms with Gasteiger partial charge in [-0.3, -0.25) is 4.79 Å². The average molecular weight is 355 g/mol. The molecule has 0 atom stereocenters. The fourth-order valence-corrected chi connectivity index (χ4v) is 3.36. The van der Waals surface area contributed by atoms with E-state index in [1.807, 2.05) is 0 Å². The molecule has 0 spiro atoms. The Hall–Kier alpha value is -0.570. The first-order valence-corrected chi connectivity index (χ1v) is 11.2. The van der Waals surface area contributed by atoms with Crippen LogP contribution in [0.2, 0.25) is 0 Å². The van der Waals surface area contributed by atoms with Gasteiger partial charge in [0.2, 0.25) is 5.91 Å². The summed E-state index contributed by atoms with van der Waals surface area (Å²) in [4.78, 5) is 14.3. The molecule has 0 heterocycles. The van der Waals surface area contributed by atoms with Crippen molar-refractivity contribution in [1.82, 2.24) is 10.2 Å². The topological polar surface area (TPSA) is 32.3 Å². The van der Waals surface area contributed by atoms with Gasteiger partial charge in [-0.1, -0.05) is 85.0 Å². The molecular weight excluding hydrogens is 308 g/mol. The molecule has 0 aliphatic rings. The number of carbonyl (C=O) groups excluding carboxylic acids is 1. The highest BCUT2D eigenvalue weighted by Gasteiger charge is 2.04. The van der Waals surface area contributed by atoms with Gasteiger partial charge in [0.25, 0.3) is 0 Å². The van der Waals surface area contributed by atoms with Crippen LogP contribution in [0.1, 0.15) is 111 Å². The van der Waals surface area contributed by atoms with Gasteiger partial charge in [-0.2, -0.15) is 0 Å². The maximum atomic E-state index is 11.9. The van der Waals surface area contributed by atoms with E-state index in [0.717, 1.165) is 32.6 Å². The number of hydrogen-bond donors (Lipinski definition) is 1. The van der Waals surface area contributed by atoms with Gasteiger partial charge >= 0.3 is 0 Å². The van der Waals surface area contributed by atoms with Crippen LogP contribution in [0.5, 0.6) is 0 Å². The van der Waals surface area contributed by atoms with Gasteiger partial charge in [-0.15, -0.1) is 0 Å². The van der Waals surface area contributed by atoms with Crippen LogP contribution in [0.15, 0.2) is 0 Å². The van der Waals surface area contributed by atoms with Crippen molar-refractivity contribution in [3.63, 3.8) is 0 Å². The van der Waals surface area contributed by atoms with Crippen LogP contribution in [0.3, 0.4) is 0 Å². The van der Waals surface area contributed by atoms with E-state index in [-0.39, 0.29) is 5.91 Å². The summed E-state index contributed by atoms with van der Waals surface area (Å²) >= 11 is 0. The summed E-state index contributed by atoms with van der Waals surface area (Å²) in [5.41, 5.74) is 0. The van der Waals surface area contributed by atoms with Gasteiger partial charge in [0.1, 0.15) is 0 Å². The Morgan fingerprint density at radius 2 is 1.12 bits per heavy atom. The Morgan fingerprint density at radius 3 is 1.60 bits per heavy atom. The summed E-state index contributed by atoms with van der Waals surface area (Å²) < 4.78 is 0. The summed E-state index contributed by atoms with van der Waals surface area (Å²) in [6.07, 6.45) is 17.7. The predicted molar refractivity (Wildman–Crippen MR) is 111 cm³/mol. The molecule has 1 amide bonds. The van der Waals surface area contributed by atoms with Crippen molar-refractivity contribution < 1.29 is 4.79 Å². The standard InChI is InChI=1S/C22H46N2O/c1-4-7-8-9-10-11-12-13-14-15-16-17-22(25)23-18-21-24(19-5-2)20-6-3/h4-21H2,1-3H3,(H,23,25). The molecule has 3 heteroatoms. The molecule has 25 heavy (non-hydrogen) atoms. The molecular formula is C22H46N2O. The quantitative estimate of drug-likeness (QED) is 0.292. The van der Waals surface area contributed by atoms with Crippen molar-refractivity contribution in [2.24, 2.45) is 0 Å². The zero-order valence-corrected chi connectivity index (χ0v) is 17.6. The third kappa shape index (κ3) is 18.0. The van der Waals surface area contributed by atoms with Crippen molar-refractivity contribution in [1.29, 1.82) is 0 Å². The van der Waals surface area contributed by atoms with E-state index in [1.54, 1.807) is 0 Å². The minimum Gasteiger partial charge on any atom is -0.355 e. The molecule has 0 aliphatic heterocycles. The second kappa shape index (κ2) is 19.8. The Kier molecular flexibility index (Phi) is 19.3. The van der Waals surface area contributed by atoms with Crippen LogP contribution in [-0.2, 0) is 4.79 Å². The van der Waals surface area contributed by atoms with Gasteiger partial charge in [0.15, 0.2) is 0 Å². The average Bonchev–Trinajstić information content (AvgIpc) is 2.60. The van der Waals surface area contributed by atoms with E-state index in [0.29, 0.717) is 6.42 Å². The maximum absolute atomic E-state index is 11.9. The molecule has 0 saturated heterocycles. The molecule has 0 aromatic heterocycles. The van der Waals surface area contributed by atoms with E-state index in [9.17, 15) is 4.79 Å². The highest BCUT2D eigenvalue weighted by Crippen LogP contribution is 2.11. The molecule has 0 aromatic carbocycles. The molecule has 0 radical (unpaired) electrons. The summed E-state index contributed by atoms with van der Waals surface area (Å²) in [5.74, 6) is 0.240. The highest BCUT2D eigenvalue weighted by molar-refractivity contribution is 5.75. The largest absolute Gasteiger partial charge is 0.355 e. The summed E-state index contributed by atoms with van der Waals surface area (Å²) in [7, 11) is 0. The number of rotatable bonds is 19. The van der Waals surface area contributed by atoms with Crippen LogP contribution in [0.4, 0.5) is 0 Å². The molecule has 150 valence electrons. The van der Waals surface area contributed by atoms with Crippen LogP contribution < -0.4 is 5.32 Å². The van der Waals surface area contributed by atoms with Crippen LogP contribution >= 0.6 is 0 Å². The summed E-state index contributed by atoms with van der Waals surface area (Å²) in [6.45, 7) is 10.8. The highest BCUT2D eigenvalue weighted by atomic mass is 16.1. The second-order valence-electron chi connectivity index (χ2n) is 7.48. The molecule has 0 fully saturated rings. The Labute approximate surface area is 158 Å². The third-order valence-corrected chi connectivity index (χ3v) is 4.84. The molecule has 3 nitrogen and oxygen atoms in total. The maximum Gasteiger partial charge on any atom is 0.220 e. The first kappa shape index (κ1) is 24.4. The molecule has 0 unspecified atom stereocenters. The van der Waals surface area contributed by atoms with Crippen molar-refractivity contribution in [2.75, 3.05) is 26.2 Å². The predicted octanol–water partition coefficient (Wildman–Crippen LogP) is 5.93. The van der Waals surface area contributed by atoms with E-state index < -0.39 is 0 Å². The zero-order chi connectivity index (χ0) is 18.6. The SMILES string of the molecule is CCCCCCCCCCCCCC(=O)NCCN(CCC)CCC. The van der Waals surface area contributed by atoms with E-state index in [2.05, 4.69) is 31.0 Å². The van der Waals surface area contributed by atoms with Crippen LogP contribution in [-0.4, -0.2) is 37.0 Å². The Morgan fingerprint density at radius 1 is 0.640 bits per heavy atom. The number of nitrogens with one attached hydrogen (secondary N) is 1. The minimum atomic E-state index is 0.240. The molecule has 0 rings (SSSR count). The van der Waals surface area contributed by atoms with Gasteiger partial charge in [-0.05, 0) is 32.4 Å².